The van der Waals surface area contributed by atoms with Gasteiger partial charge in [-0.2, -0.15) is 5.10 Å². The Morgan fingerprint density at radius 3 is 2.59 bits per heavy atom. The maximum absolute atomic E-state index is 12.9. The highest BCUT2D eigenvalue weighted by Crippen LogP contribution is 2.29. The number of aromatic nitrogens is 3. The predicted molar refractivity (Wildman–Crippen MR) is 143 cm³/mol. The molecule has 2 aromatic heterocycles. The molecular weight excluding hydrogens is 508 g/mol. The SMILES string of the molecule is Cc1cc(C(=O)O)cc(-c2cnn(C)c2OCCN(CCNc2ccccc2[N+](=O)[O-])C(=O)OC(C)(C)C)n1. The lowest BCUT2D eigenvalue weighted by atomic mass is 10.1. The molecule has 0 aliphatic heterocycles. The minimum absolute atomic E-state index is 0.0643. The van der Waals surface area contributed by atoms with Gasteiger partial charge in [-0.15, -0.1) is 0 Å². The molecule has 208 valence electrons. The van der Waals surface area contributed by atoms with E-state index in [1.807, 2.05) is 0 Å². The number of para-hydroxylation sites is 2. The Kier molecular flexibility index (Phi) is 9.07. The Labute approximate surface area is 225 Å². The van der Waals surface area contributed by atoms with Gasteiger partial charge in [0.2, 0.25) is 5.88 Å². The van der Waals surface area contributed by atoms with Crippen molar-refractivity contribution >= 4 is 23.4 Å². The van der Waals surface area contributed by atoms with Gasteiger partial charge < -0.3 is 24.8 Å². The van der Waals surface area contributed by atoms with Gasteiger partial charge in [0.05, 0.1) is 34.5 Å². The highest BCUT2D eigenvalue weighted by molar-refractivity contribution is 5.89. The molecule has 13 heteroatoms. The molecule has 0 radical (unpaired) electrons. The zero-order chi connectivity index (χ0) is 28.7. The number of ether oxygens (including phenoxy) is 2. The molecule has 39 heavy (non-hydrogen) atoms. The summed E-state index contributed by atoms with van der Waals surface area (Å²) in [7, 11) is 1.68. The third kappa shape index (κ3) is 7.90. The topological polar surface area (TPSA) is 162 Å². The fourth-order valence-corrected chi connectivity index (χ4v) is 3.68. The second kappa shape index (κ2) is 12.2. The zero-order valence-corrected chi connectivity index (χ0v) is 22.5. The van der Waals surface area contributed by atoms with Crippen LogP contribution in [-0.4, -0.2) is 73.6 Å². The van der Waals surface area contributed by atoms with Crippen LogP contribution in [-0.2, 0) is 11.8 Å². The molecular formula is C26H32N6O7. The Hall–Kier alpha value is -4.68. The number of nitrogens with one attached hydrogen (secondary N) is 1. The number of carboxylic acid groups (broad SMARTS) is 1. The molecule has 0 saturated heterocycles. The molecule has 1 aromatic carbocycles. The van der Waals surface area contributed by atoms with Gasteiger partial charge in [0.15, 0.2) is 0 Å². The predicted octanol–water partition coefficient (Wildman–Crippen LogP) is 4.12. The minimum atomic E-state index is -1.07. The molecule has 0 saturated carbocycles. The van der Waals surface area contributed by atoms with Crippen molar-refractivity contribution in [2.24, 2.45) is 7.05 Å². The summed E-state index contributed by atoms with van der Waals surface area (Å²) in [5.74, 6) is -0.720. The number of rotatable bonds is 11. The number of aryl methyl sites for hydroxylation is 2. The number of pyridine rings is 1. The minimum Gasteiger partial charge on any atom is -0.478 e. The molecule has 0 atom stereocenters. The summed E-state index contributed by atoms with van der Waals surface area (Å²) >= 11 is 0. The van der Waals surface area contributed by atoms with Crippen LogP contribution in [0.4, 0.5) is 16.2 Å². The fourth-order valence-electron chi connectivity index (χ4n) is 3.68. The van der Waals surface area contributed by atoms with Crippen molar-refractivity contribution < 1.29 is 29.1 Å². The van der Waals surface area contributed by atoms with Crippen LogP contribution >= 0.6 is 0 Å². The number of aromatic carboxylic acids is 1. The van der Waals surface area contributed by atoms with Gasteiger partial charge in [0.25, 0.3) is 5.69 Å². The zero-order valence-electron chi connectivity index (χ0n) is 22.5. The Morgan fingerprint density at radius 2 is 1.92 bits per heavy atom. The average molecular weight is 541 g/mol. The Balaban J connectivity index is 1.72. The molecule has 13 nitrogen and oxygen atoms in total. The molecule has 0 fully saturated rings. The van der Waals surface area contributed by atoms with Crippen molar-refractivity contribution in [3.05, 3.63) is 64.0 Å². The highest BCUT2D eigenvalue weighted by Gasteiger charge is 2.23. The lowest BCUT2D eigenvalue weighted by Crippen LogP contribution is -2.41. The summed E-state index contributed by atoms with van der Waals surface area (Å²) in [6.07, 6.45) is 0.970. The standard InChI is InChI=1S/C26H32N6O7/c1-17-14-18(24(33)34)15-21(29-17)19-16-28-30(5)23(19)38-13-12-31(25(35)39-26(2,3)4)11-10-27-20-8-6-7-9-22(20)32(36)37/h6-9,14-16,27H,10-13H2,1-5H3,(H,33,34). The largest absolute Gasteiger partial charge is 0.478 e. The van der Waals surface area contributed by atoms with Crippen molar-refractivity contribution in [3.63, 3.8) is 0 Å². The van der Waals surface area contributed by atoms with Crippen LogP contribution in [0.5, 0.6) is 5.88 Å². The van der Waals surface area contributed by atoms with E-state index in [0.29, 0.717) is 28.5 Å². The van der Waals surface area contributed by atoms with Gasteiger partial charge in [-0.25, -0.2) is 14.3 Å². The number of carbonyl (C=O) groups is 2. The third-order valence-electron chi connectivity index (χ3n) is 5.41. The Morgan fingerprint density at radius 1 is 1.21 bits per heavy atom. The first kappa shape index (κ1) is 28.9. The number of hydrogen-bond acceptors (Lipinski definition) is 9. The molecule has 1 amide bonds. The normalized spacial score (nSPS) is 11.1. The first-order chi connectivity index (χ1) is 18.4. The Bertz CT molecular complexity index is 1350. The number of benzene rings is 1. The van der Waals surface area contributed by atoms with Crippen LogP contribution in [0.15, 0.2) is 42.6 Å². The highest BCUT2D eigenvalue weighted by atomic mass is 16.6. The van der Waals surface area contributed by atoms with Crippen molar-refractivity contribution in [1.82, 2.24) is 19.7 Å². The van der Waals surface area contributed by atoms with E-state index in [1.165, 1.54) is 34.0 Å². The van der Waals surface area contributed by atoms with E-state index in [9.17, 15) is 24.8 Å². The number of carbonyl (C=O) groups excluding carboxylic acids is 1. The fraction of sp³-hybridized carbons (Fsp3) is 0.385. The molecule has 2 N–H and O–H groups in total. The monoisotopic (exact) mass is 540 g/mol. The van der Waals surface area contributed by atoms with E-state index >= 15 is 0 Å². The van der Waals surface area contributed by atoms with Crippen LogP contribution in [0.2, 0.25) is 0 Å². The number of amides is 1. The maximum atomic E-state index is 12.9. The molecule has 0 aliphatic rings. The summed E-state index contributed by atoms with van der Waals surface area (Å²) in [6.45, 7) is 7.59. The van der Waals surface area contributed by atoms with E-state index in [0.717, 1.165) is 0 Å². The van der Waals surface area contributed by atoms with E-state index in [2.05, 4.69) is 15.4 Å². The summed E-state index contributed by atoms with van der Waals surface area (Å²) < 4.78 is 13.0. The van der Waals surface area contributed by atoms with E-state index in [1.54, 1.807) is 52.9 Å². The lowest BCUT2D eigenvalue weighted by Gasteiger charge is -2.27. The van der Waals surface area contributed by atoms with Gasteiger partial charge in [0.1, 0.15) is 17.9 Å². The van der Waals surface area contributed by atoms with E-state index in [4.69, 9.17) is 9.47 Å². The second-order valence-corrected chi connectivity index (χ2v) is 9.69. The molecule has 0 bridgehead atoms. The molecule has 0 aliphatic carbocycles. The van der Waals surface area contributed by atoms with Crippen LogP contribution < -0.4 is 10.1 Å². The first-order valence-corrected chi connectivity index (χ1v) is 12.2. The number of nitrogens with zero attached hydrogens (tertiary/aromatic N) is 5. The van der Waals surface area contributed by atoms with Crippen LogP contribution in [0, 0.1) is 17.0 Å². The van der Waals surface area contributed by atoms with Gasteiger partial charge in [-0.1, -0.05) is 12.1 Å². The van der Waals surface area contributed by atoms with Crippen molar-refractivity contribution in [1.29, 1.82) is 0 Å². The van der Waals surface area contributed by atoms with Gasteiger partial charge in [-0.05, 0) is 45.9 Å². The summed E-state index contributed by atoms with van der Waals surface area (Å²) in [4.78, 5) is 41.1. The van der Waals surface area contributed by atoms with Gasteiger partial charge in [0, 0.05) is 31.9 Å². The summed E-state index contributed by atoms with van der Waals surface area (Å²) in [5.41, 5.74) is 1.07. The number of anilines is 1. The van der Waals surface area contributed by atoms with Crippen molar-refractivity contribution in [2.75, 3.05) is 31.6 Å². The number of nitro benzene ring substituents is 1. The number of nitro groups is 1. The number of hydrogen-bond donors (Lipinski definition) is 2. The molecule has 0 spiro atoms. The smallest absolute Gasteiger partial charge is 0.410 e. The maximum Gasteiger partial charge on any atom is 0.410 e. The van der Waals surface area contributed by atoms with Crippen LogP contribution in [0.25, 0.3) is 11.3 Å². The van der Waals surface area contributed by atoms with E-state index < -0.39 is 22.6 Å². The summed E-state index contributed by atoms with van der Waals surface area (Å²) in [5, 5.41) is 27.9. The van der Waals surface area contributed by atoms with Gasteiger partial charge in [-0.3, -0.25) is 15.1 Å². The van der Waals surface area contributed by atoms with Crippen molar-refractivity contribution in [3.8, 4) is 17.1 Å². The van der Waals surface area contributed by atoms with Crippen LogP contribution in [0.1, 0.15) is 36.8 Å². The lowest BCUT2D eigenvalue weighted by molar-refractivity contribution is -0.384. The second-order valence-electron chi connectivity index (χ2n) is 9.69. The molecule has 0 unspecified atom stereocenters. The van der Waals surface area contributed by atoms with Crippen LogP contribution in [0.3, 0.4) is 0 Å². The third-order valence-corrected chi connectivity index (χ3v) is 5.41. The van der Waals surface area contributed by atoms with E-state index in [-0.39, 0.29) is 37.5 Å². The average Bonchev–Trinajstić information content (AvgIpc) is 3.21. The van der Waals surface area contributed by atoms with Gasteiger partial charge >= 0.3 is 12.1 Å². The molecule has 3 rings (SSSR count). The molecule has 3 aromatic rings. The number of carboxylic acids is 1. The first-order valence-electron chi connectivity index (χ1n) is 12.2. The van der Waals surface area contributed by atoms with Crippen molar-refractivity contribution in [2.45, 2.75) is 33.3 Å². The molecule has 2 heterocycles. The summed E-state index contributed by atoms with van der Waals surface area (Å²) in [6, 6.07) is 9.17. The quantitative estimate of drug-likeness (QED) is 0.267.